The van der Waals surface area contributed by atoms with E-state index in [0.29, 0.717) is 12.5 Å². The van der Waals surface area contributed by atoms with Gasteiger partial charge in [-0.1, -0.05) is 30.3 Å². The molecule has 0 aromatic heterocycles. The van der Waals surface area contributed by atoms with Crippen molar-refractivity contribution >= 4 is 17.9 Å². The van der Waals surface area contributed by atoms with Crippen molar-refractivity contribution in [2.45, 2.75) is 25.0 Å². The summed E-state index contributed by atoms with van der Waals surface area (Å²) in [7, 11) is 1.61. The third kappa shape index (κ3) is 4.10. The van der Waals surface area contributed by atoms with Crippen LogP contribution in [0.1, 0.15) is 12.0 Å². The molecule has 9 heteroatoms. The number of rotatable bonds is 8. The fourth-order valence-electron chi connectivity index (χ4n) is 3.67. The second-order valence-corrected chi connectivity index (χ2v) is 6.91. The lowest BCUT2D eigenvalue weighted by Gasteiger charge is -2.37. The molecule has 0 radical (unpaired) electrons. The number of imide groups is 1. The molecule has 1 aromatic rings. The molecule has 2 heterocycles. The van der Waals surface area contributed by atoms with Crippen LogP contribution in [0.15, 0.2) is 35.3 Å². The van der Waals surface area contributed by atoms with Crippen molar-refractivity contribution in [3.05, 3.63) is 35.9 Å². The number of nitrogens with one attached hydrogen (secondary N) is 1. The van der Waals surface area contributed by atoms with E-state index < -0.39 is 18.2 Å². The number of urea groups is 1. The number of aryl methyl sites for hydroxylation is 1. The largest absolute Gasteiger partial charge is 0.395 e. The maximum atomic E-state index is 12.6. The van der Waals surface area contributed by atoms with E-state index in [4.69, 9.17) is 0 Å². The molecular formula is C19H27N5O4. The smallest absolute Gasteiger partial charge is 0.325 e. The summed E-state index contributed by atoms with van der Waals surface area (Å²) in [5, 5.41) is 21.2. The minimum absolute atomic E-state index is 0.104. The molecule has 3 amide bonds. The topological polar surface area (TPSA) is 109 Å². The average Bonchev–Trinajstić information content (AvgIpc) is 3.07. The van der Waals surface area contributed by atoms with Crippen LogP contribution in [0.3, 0.4) is 0 Å². The Morgan fingerprint density at radius 2 is 1.82 bits per heavy atom. The van der Waals surface area contributed by atoms with Crippen LogP contribution in [0.2, 0.25) is 0 Å². The molecule has 9 nitrogen and oxygen atoms in total. The molecule has 0 aliphatic carbocycles. The minimum Gasteiger partial charge on any atom is -0.395 e. The molecule has 0 bridgehead atoms. The maximum Gasteiger partial charge on any atom is 0.325 e. The SMILES string of the molecule is CN1C(=O)NC(=O)C2C1N=C(N(CCO)CCO)N2CCCc1ccccc1. The molecule has 152 valence electrons. The second kappa shape index (κ2) is 9.03. The van der Waals surface area contributed by atoms with Crippen molar-refractivity contribution in [3.63, 3.8) is 0 Å². The Kier molecular flexibility index (Phi) is 6.48. The van der Waals surface area contributed by atoms with Gasteiger partial charge in [-0.05, 0) is 18.4 Å². The summed E-state index contributed by atoms with van der Waals surface area (Å²) in [5.41, 5.74) is 1.21. The molecule has 2 aliphatic heterocycles. The van der Waals surface area contributed by atoms with E-state index in [1.165, 1.54) is 10.5 Å². The number of aliphatic hydroxyl groups is 2. The van der Waals surface area contributed by atoms with E-state index in [2.05, 4.69) is 22.4 Å². The standard InChI is InChI=1S/C19H27N5O4/c1-22-16-15(17(27)21-19(22)28)24(9-5-8-14-6-3-2-4-7-14)18(20-16)23(10-12-25)11-13-26/h2-4,6-7,15-16,25-26H,5,8-13H2,1H3,(H,21,27,28). The van der Waals surface area contributed by atoms with E-state index >= 15 is 0 Å². The summed E-state index contributed by atoms with van der Waals surface area (Å²) < 4.78 is 0. The summed E-state index contributed by atoms with van der Waals surface area (Å²) in [5.74, 6) is 0.155. The number of hydrogen-bond donors (Lipinski definition) is 3. The summed E-state index contributed by atoms with van der Waals surface area (Å²) in [6.45, 7) is 0.929. The first-order valence-electron chi connectivity index (χ1n) is 9.49. The number of benzene rings is 1. The Morgan fingerprint density at radius 1 is 1.14 bits per heavy atom. The third-order valence-corrected chi connectivity index (χ3v) is 5.07. The normalized spacial score (nSPS) is 21.5. The van der Waals surface area contributed by atoms with E-state index in [9.17, 15) is 19.8 Å². The van der Waals surface area contributed by atoms with Gasteiger partial charge in [0.15, 0.2) is 18.2 Å². The van der Waals surface area contributed by atoms with E-state index in [-0.39, 0.29) is 32.2 Å². The summed E-state index contributed by atoms with van der Waals surface area (Å²) in [4.78, 5) is 34.2. The number of likely N-dealkylation sites (N-methyl/N-ethyl adjacent to an activating group) is 1. The zero-order valence-electron chi connectivity index (χ0n) is 16.0. The number of guanidine groups is 1. The lowest BCUT2D eigenvalue weighted by atomic mass is 10.1. The van der Waals surface area contributed by atoms with Crippen LogP contribution in [0.4, 0.5) is 4.79 Å². The molecular weight excluding hydrogens is 362 g/mol. The van der Waals surface area contributed by atoms with Crippen molar-refractivity contribution < 1.29 is 19.8 Å². The fourth-order valence-corrected chi connectivity index (χ4v) is 3.67. The summed E-state index contributed by atoms with van der Waals surface area (Å²) in [6.07, 6.45) is 1.02. The van der Waals surface area contributed by atoms with Gasteiger partial charge in [0.05, 0.1) is 13.2 Å². The highest BCUT2D eigenvalue weighted by Gasteiger charge is 2.49. The average molecular weight is 389 g/mol. The highest BCUT2D eigenvalue weighted by molar-refractivity contribution is 6.03. The van der Waals surface area contributed by atoms with Gasteiger partial charge in [-0.3, -0.25) is 10.1 Å². The Hall–Kier alpha value is -2.65. The molecule has 2 unspecified atom stereocenters. The van der Waals surface area contributed by atoms with Gasteiger partial charge in [-0.15, -0.1) is 0 Å². The Morgan fingerprint density at radius 3 is 2.46 bits per heavy atom. The molecule has 1 aromatic carbocycles. The van der Waals surface area contributed by atoms with Gasteiger partial charge in [0.2, 0.25) is 0 Å². The van der Waals surface area contributed by atoms with Gasteiger partial charge < -0.3 is 24.9 Å². The summed E-state index contributed by atoms with van der Waals surface area (Å²) >= 11 is 0. The van der Waals surface area contributed by atoms with Gasteiger partial charge in [0, 0.05) is 26.7 Å². The van der Waals surface area contributed by atoms with Crippen molar-refractivity contribution in [2.24, 2.45) is 4.99 Å². The summed E-state index contributed by atoms with van der Waals surface area (Å²) in [6, 6.07) is 8.99. The molecule has 2 atom stereocenters. The van der Waals surface area contributed by atoms with Gasteiger partial charge in [0.25, 0.3) is 5.91 Å². The van der Waals surface area contributed by atoms with Crippen LogP contribution < -0.4 is 5.32 Å². The second-order valence-electron chi connectivity index (χ2n) is 6.91. The molecule has 3 N–H and O–H groups in total. The molecule has 1 fully saturated rings. The number of aliphatic hydroxyl groups excluding tert-OH is 2. The minimum atomic E-state index is -0.618. The van der Waals surface area contributed by atoms with Crippen molar-refractivity contribution in [1.82, 2.24) is 20.0 Å². The van der Waals surface area contributed by atoms with Gasteiger partial charge in [-0.25, -0.2) is 9.79 Å². The van der Waals surface area contributed by atoms with Gasteiger partial charge in [-0.2, -0.15) is 0 Å². The number of aliphatic imine (C=N–C) groups is 1. The van der Waals surface area contributed by atoms with Crippen LogP contribution in [0, 0.1) is 0 Å². The van der Waals surface area contributed by atoms with Crippen LogP contribution in [-0.2, 0) is 11.2 Å². The van der Waals surface area contributed by atoms with Crippen LogP contribution in [0.5, 0.6) is 0 Å². The van der Waals surface area contributed by atoms with E-state index in [1.54, 1.807) is 11.9 Å². The monoisotopic (exact) mass is 389 g/mol. The van der Waals surface area contributed by atoms with Gasteiger partial charge in [0.1, 0.15) is 0 Å². The predicted octanol–water partition coefficient (Wildman–Crippen LogP) is -0.546. The highest BCUT2D eigenvalue weighted by Crippen LogP contribution is 2.26. The highest BCUT2D eigenvalue weighted by atomic mass is 16.3. The first kappa shape index (κ1) is 20.1. The third-order valence-electron chi connectivity index (χ3n) is 5.07. The molecule has 0 saturated carbocycles. The Labute approximate surface area is 164 Å². The van der Waals surface area contributed by atoms with Crippen molar-refractivity contribution in [1.29, 1.82) is 0 Å². The van der Waals surface area contributed by atoms with Gasteiger partial charge >= 0.3 is 6.03 Å². The Balaban J connectivity index is 1.80. The number of amides is 3. The van der Waals surface area contributed by atoms with Crippen molar-refractivity contribution in [2.75, 3.05) is 39.9 Å². The van der Waals surface area contributed by atoms with E-state index in [1.807, 2.05) is 23.1 Å². The first-order valence-corrected chi connectivity index (χ1v) is 9.49. The molecule has 2 aliphatic rings. The zero-order valence-corrected chi connectivity index (χ0v) is 16.0. The first-order chi connectivity index (χ1) is 13.6. The van der Waals surface area contributed by atoms with Crippen LogP contribution in [0.25, 0.3) is 0 Å². The quantitative estimate of drug-likeness (QED) is 0.551. The number of nitrogens with zero attached hydrogens (tertiary/aromatic N) is 4. The molecule has 0 spiro atoms. The van der Waals surface area contributed by atoms with Crippen LogP contribution >= 0.6 is 0 Å². The number of carbonyl (C=O) groups is 2. The fraction of sp³-hybridized carbons (Fsp3) is 0.526. The van der Waals surface area contributed by atoms with Crippen molar-refractivity contribution in [3.8, 4) is 0 Å². The number of carbonyl (C=O) groups excluding carboxylic acids is 2. The predicted molar refractivity (Wildman–Crippen MR) is 104 cm³/mol. The lowest BCUT2D eigenvalue weighted by Crippen LogP contribution is -2.64. The lowest BCUT2D eigenvalue weighted by molar-refractivity contribution is -0.127. The Bertz CT molecular complexity index is 720. The van der Waals surface area contributed by atoms with Crippen LogP contribution in [-0.4, -0.2) is 94.9 Å². The molecule has 1 saturated heterocycles. The zero-order chi connectivity index (χ0) is 20.1. The number of hydrogen-bond acceptors (Lipinski definition) is 7. The molecule has 28 heavy (non-hydrogen) atoms. The molecule has 3 rings (SSSR count). The number of fused-ring (bicyclic) bond motifs is 1. The van der Waals surface area contributed by atoms with E-state index in [0.717, 1.165) is 12.8 Å². The maximum absolute atomic E-state index is 12.6.